The van der Waals surface area contributed by atoms with Crippen molar-refractivity contribution in [2.45, 2.75) is 6.92 Å². The fourth-order valence-electron chi connectivity index (χ4n) is 2.11. The number of hydrogen-bond acceptors (Lipinski definition) is 2. The molecule has 0 radical (unpaired) electrons. The van der Waals surface area contributed by atoms with Crippen LogP contribution in [0.25, 0.3) is 0 Å². The van der Waals surface area contributed by atoms with Gasteiger partial charge in [0.2, 0.25) is 5.91 Å². The molecule has 1 amide bonds. The third kappa shape index (κ3) is 1.13. The summed E-state index contributed by atoms with van der Waals surface area (Å²) in [5.41, 5.74) is 0. The Hall–Kier alpha value is -0.570. The Labute approximate surface area is 66.8 Å². The standard InChI is InChI=1S/C8H14N2O/c1-6(11)10-4-7-2-9-3-8(7)5-10/h7-9H,2-5H2,1H3/t7-,8-/m0/s1. The molecule has 0 bridgehead atoms. The van der Waals surface area contributed by atoms with Crippen LogP contribution in [-0.2, 0) is 4.79 Å². The Bertz CT molecular complexity index is 169. The van der Waals surface area contributed by atoms with Crippen molar-refractivity contribution in [2.24, 2.45) is 11.8 Å². The zero-order valence-electron chi connectivity index (χ0n) is 6.84. The van der Waals surface area contributed by atoms with E-state index in [0.29, 0.717) is 0 Å². The van der Waals surface area contributed by atoms with Crippen molar-refractivity contribution >= 4 is 5.91 Å². The molecule has 0 aromatic rings. The molecule has 0 aromatic heterocycles. The predicted molar refractivity (Wildman–Crippen MR) is 42.1 cm³/mol. The van der Waals surface area contributed by atoms with E-state index in [2.05, 4.69) is 5.32 Å². The Morgan fingerprint density at radius 1 is 1.36 bits per heavy atom. The van der Waals surface area contributed by atoms with Crippen LogP contribution in [0.3, 0.4) is 0 Å². The maximum Gasteiger partial charge on any atom is 0.219 e. The van der Waals surface area contributed by atoms with E-state index in [-0.39, 0.29) is 5.91 Å². The van der Waals surface area contributed by atoms with Crippen LogP contribution < -0.4 is 5.32 Å². The summed E-state index contributed by atoms with van der Waals surface area (Å²) in [5, 5.41) is 3.35. The number of rotatable bonds is 0. The van der Waals surface area contributed by atoms with Crippen LogP contribution in [0, 0.1) is 11.8 Å². The van der Waals surface area contributed by atoms with Gasteiger partial charge in [0.1, 0.15) is 0 Å². The number of carbonyl (C=O) groups excluding carboxylic acids is 1. The molecule has 0 spiro atoms. The SMILES string of the molecule is CC(=O)N1C[C@@H]2CNC[C@H]2C1. The molecule has 2 atom stereocenters. The zero-order valence-corrected chi connectivity index (χ0v) is 6.84. The van der Waals surface area contributed by atoms with Crippen LogP contribution in [-0.4, -0.2) is 37.0 Å². The third-order valence-electron chi connectivity index (χ3n) is 2.83. The molecule has 2 fully saturated rings. The van der Waals surface area contributed by atoms with Crippen LogP contribution in [0.1, 0.15) is 6.92 Å². The molecule has 11 heavy (non-hydrogen) atoms. The van der Waals surface area contributed by atoms with Gasteiger partial charge < -0.3 is 10.2 Å². The normalized spacial score (nSPS) is 35.9. The Kier molecular flexibility index (Phi) is 1.60. The molecule has 0 saturated carbocycles. The summed E-state index contributed by atoms with van der Waals surface area (Å²) < 4.78 is 0. The zero-order chi connectivity index (χ0) is 7.84. The van der Waals surface area contributed by atoms with Crippen LogP contribution in [0.15, 0.2) is 0 Å². The van der Waals surface area contributed by atoms with Gasteiger partial charge in [-0.3, -0.25) is 4.79 Å². The van der Waals surface area contributed by atoms with Gasteiger partial charge in [-0.1, -0.05) is 0 Å². The van der Waals surface area contributed by atoms with Crippen LogP contribution in [0.5, 0.6) is 0 Å². The molecule has 3 heteroatoms. The maximum atomic E-state index is 11.0. The summed E-state index contributed by atoms with van der Waals surface area (Å²) in [6, 6.07) is 0. The van der Waals surface area contributed by atoms with Gasteiger partial charge in [0.25, 0.3) is 0 Å². The van der Waals surface area contributed by atoms with Crippen molar-refractivity contribution in [3.63, 3.8) is 0 Å². The molecule has 0 aromatic carbocycles. The smallest absolute Gasteiger partial charge is 0.219 e. The minimum Gasteiger partial charge on any atom is -0.342 e. The minimum atomic E-state index is 0.236. The van der Waals surface area contributed by atoms with Gasteiger partial charge in [-0.05, 0) is 11.8 Å². The van der Waals surface area contributed by atoms with Crippen LogP contribution >= 0.6 is 0 Å². The van der Waals surface area contributed by atoms with E-state index in [1.165, 1.54) is 0 Å². The quantitative estimate of drug-likeness (QED) is 0.519. The number of carbonyl (C=O) groups is 1. The molecule has 62 valence electrons. The van der Waals surface area contributed by atoms with E-state index in [1.807, 2.05) is 4.90 Å². The van der Waals surface area contributed by atoms with Crippen molar-refractivity contribution in [3.8, 4) is 0 Å². The molecule has 0 unspecified atom stereocenters. The van der Waals surface area contributed by atoms with Gasteiger partial charge in [-0.15, -0.1) is 0 Å². The number of hydrogen-bond donors (Lipinski definition) is 1. The first-order valence-electron chi connectivity index (χ1n) is 4.23. The topological polar surface area (TPSA) is 32.3 Å². The van der Waals surface area contributed by atoms with E-state index < -0.39 is 0 Å². The first-order chi connectivity index (χ1) is 5.27. The molecular formula is C8H14N2O. The Balaban J connectivity index is 1.99. The Morgan fingerprint density at radius 2 is 1.91 bits per heavy atom. The molecule has 0 aliphatic carbocycles. The van der Waals surface area contributed by atoms with Crippen molar-refractivity contribution in [3.05, 3.63) is 0 Å². The van der Waals surface area contributed by atoms with E-state index >= 15 is 0 Å². The molecule has 2 saturated heterocycles. The van der Waals surface area contributed by atoms with Gasteiger partial charge >= 0.3 is 0 Å². The largest absolute Gasteiger partial charge is 0.342 e. The number of likely N-dealkylation sites (tertiary alicyclic amines) is 1. The summed E-state index contributed by atoms with van der Waals surface area (Å²) in [4.78, 5) is 13.0. The minimum absolute atomic E-state index is 0.236. The molecule has 2 aliphatic heterocycles. The maximum absolute atomic E-state index is 11.0. The molecule has 2 heterocycles. The molecule has 2 rings (SSSR count). The second-order valence-corrected chi connectivity index (χ2v) is 3.60. The first-order valence-corrected chi connectivity index (χ1v) is 4.23. The van der Waals surface area contributed by atoms with E-state index in [9.17, 15) is 4.79 Å². The van der Waals surface area contributed by atoms with Crippen molar-refractivity contribution in [1.29, 1.82) is 0 Å². The van der Waals surface area contributed by atoms with Crippen molar-refractivity contribution in [2.75, 3.05) is 26.2 Å². The van der Waals surface area contributed by atoms with Gasteiger partial charge in [0.15, 0.2) is 0 Å². The lowest BCUT2D eigenvalue weighted by Crippen LogP contribution is -2.29. The second kappa shape index (κ2) is 2.48. The second-order valence-electron chi connectivity index (χ2n) is 3.60. The molecule has 2 aliphatic rings. The van der Waals surface area contributed by atoms with Crippen molar-refractivity contribution in [1.82, 2.24) is 10.2 Å². The number of nitrogens with one attached hydrogen (secondary N) is 1. The number of fused-ring (bicyclic) bond motifs is 1. The lowest BCUT2D eigenvalue weighted by molar-refractivity contribution is -0.128. The van der Waals surface area contributed by atoms with E-state index in [1.54, 1.807) is 6.92 Å². The van der Waals surface area contributed by atoms with Crippen molar-refractivity contribution < 1.29 is 4.79 Å². The first kappa shape index (κ1) is 7.10. The fourth-order valence-corrected chi connectivity index (χ4v) is 2.11. The van der Waals surface area contributed by atoms with Gasteiger partial charge in [-0.2, -0.15) is 0 Å². The lowest BCUT2D eigenvalue weighted by Gasteiger charge is -2.13. The Morgan fingerprint density at radius 3 is 2.36 bits per heavy atom. The summed E-state index contributed by atoms with van der Waals surface area (Å²) in [7, 11) is 0. The highest BCUT2D eigenvalue weighted by molar-refractivity contribution is 5.73. The monoisotopic (exact) mass is 154 g/mol. The number of nitrogens with zero attached hydrogens (tertiary/aromatic N) is 1. The van der Waals surface area contributed by atoms with E-state index in [4.69, 9.17) is 0 Å². The molecule has 1 N–H and O–H groups in total. The predicted octanol–water partition coefficient (Wildman–Crippen LogP) is -0.316. The summed E-state index contributed by atoms with van der Waals surface area (Å²) in [5.74, 6) is 1.71. The fraction of sp³-hybridized carbons (Fsp3) is 0.875. The highest BCUT2D eigenvalue weighted by Gasteiger charge is 2.36. The number of amides is 1. The van der Waals surface area contributed by atoms with Crippen LogP contribution in [0.2, 0.25) is 0 Å². The van der Waals surface area contributed by atoms with Gasteiger partial charge in [-0.25, -0.2) is 0 Å². The van der Waals surface area contributed by atoms with E-state index in [0.717, 1.165) is 38.0 Å². The summed E-state index contributed by atoms with van der Waals surface area (Å²) >= 11 is 0. The van der Waals surface area contributed by atoms with Gasteiger partial charge in [0, 0.05) is 33.1 Å². The average molecular weight is 154 g/mol. The van der Waals surface area contributed by atoms with Gasteiger partial charge in [0.05, 0.1) is 0 Å². The lowest BCUT2D eigenvalue weighted by atomic mass is 10.0. The highest BCUT2D eigenvalue weighted by atomic mass is 16.2. The average Bonchev–Trinajstić information content (AvgIpc) is 2.40. The third-order valence-corrected chi connectivity index (χ3v) is 2.83. The molecular weight excluding hydrogens is 140 g/mol. The molecule has 3 nitrogen and oxygen atoms in total. The van der Waals surface area contributed by atoms with Crippen LogP contribution in [0.4, 0.5) is 0 Å². The highest BCUT2D eigenvalue weighted by Crippen LogP contribution is 2.25. The summed E-state index contributed by atoms with van der Waals surface area (Å²) in [6.07, 6.45) is 0. The summed E-state index contributed by atoms with van der Waals surface area (Å²) in [6.45, 7) is 5.83.